The molecule has 0 saturated carbocycles. The van der Waals surface area contributed by atoms with Crippen molar-refractivity contribution in [2.75, 3.05) is 37.8 Å². The van der Waals surface area contributed by atoms with Crippen molar-refractivity contribution in [3.8, 4) is 0 Å². The van der Waals surface area contributed by atoms with Gasteiger partial charge in [0.25, 0.3) is 15.6 Å². The Bertz CT molecular complexity index is 1950. The molecule has 332 valence electrons. The highest BCUT2D eigenvalue weighted by Gasteiger charge is 2.47. The maximum absolute atomic E-state index is 12.6. The SMILES string of the molecule is CC/C=C\CCC/C=C/C(=O)SCCNC(=O)CCNC(=O)[C@H](O)C(C)(C)COP(=O)([O-])OP(=O)([O-])OC[C@H]1O[C@@H](n2cnc3c(N)ncnc32)[C@H](O)[C@@H]1OP(=O)([O-])[O-]. The number of rotatable bonds is 25. The largest absolute Gasteiger partial charge is 0.790 e. The first-order chi connectivity index (χ1) is 27.6. The second-order valence-corrected chi connectivity index (χ2v) is 18.5. The molecule has 2 amide bonds. The summed E-state index contributed by atoms with van der Waals surface area (Å²) >= 11 is 1.03. The zero-order valence-electron chi connectivity index (χ0n) is 32.1. The number of fused-ring (bicyclic) bond motifs is 1. The third kappa shape index (κ3) is 16.8. The number of phosphoric ester groups is 3. The van der Waals surface area contributed by atoms with Crippen LogP contribution in [0.1, 0.15) is 59.1 Å². The summed E-state index contributed by atoms with van der Waals surface area (Å²) in [6.45, 7) is 2.14. The first-order valence-electron chi connectivity index (χ1n) is 17.9. The number of thioether (sulfide) groups is 1. The van der Waals surface area contributed by atoms with E-state index < -0.39 is 84.6 Å². The molecular weight excluding hydrogens is 867 g/mol. The highest BCUT2D eigenvalue weighted by atomic mass is 32.2. The normalized spacial score (nSPS) is 21.4. The van der Waals surface area contributed by atoms with E-state index in [0.29, 0.717) is 5.75 Å². The van der Waals surface area contributed by atoms with Crippen molar-refractivity contribution in [1.82, 2.24) is 30.2 Å². The fourth-order valence-corrected chi connectivity index (χ4v) is 8.46. The standard InChI is InChI=1S/C31H50N7O17P3S/c1-4-5-6-7-8-9-10-11-22(40)59-15-14-33-21(39)12-13-34-29(43)26(42)31(2,3)17-52-58(49,50)55-57(47,48)51-16-20-25(54-56(44,45)46)24(41)30(53-20)38-19-37-23-27(32)35-18-36-28(23)38/h5-6,10-11,18-20,24-26,30,41-42H,4,7-9,12-17H2,1-3H3,(H,33,39)(H,34,43)(H,47,48)(H,49,50)(H2,32,35,36)(H2,44,45,46)/p-4/b6-5-,11-10+/t20-,24-,25-,26+,30-/m1/s1. The van der Waals surface area contributed by atoms with Gasteiger partial charge in [0, 0.05) is 30.7 Å². The van der Waals surface area contributed by atoms with Gasteiger partial charge in [-0.05, 0) is 31.8 Å². The molecule has 24 nitrogen and oxygen atoms in total. The van der Waals surface area contributed by atoms with E-state index in [9.17, 15) is 57.9 Å². The Morgan fingerprint density at radius 1 is 1.05 bits per heavy atom. The molecule has 59 heavy (non-hydrogen) atoms. The minimum atomic E-state index is -5.92. The van der Waals surface area contributed by atoms with Crippen LogP contribution >= 0.6 is 35.2 Å². The number of nitrogen functional groups attached to an aromatic ring is 1. The molecule has 2 aromatic heterocycles. The summed E-state index contributed by atoms with van der Waals surface area (Å²) in [5.41, 5.74) is 4.07. The van der Waals surface area contributed by atoms with Gasteiger partial charge in [-0.3, -0.25) is 28.1 Å². The molecule has 0 aliphatic carbocycles. The van der Waals surface area contributed by atoms with E-state index in [1.165, 1.54) is 19.9 Å². The molecule has 1 aliphatic rings. The smallest absolute Gasteiger partial charge is 0.274 e. The Balaban J connectivity index is 1.43. The van der Waals surface area contributed by atoms with Gasteiger partial charge in [-0.2, -0.15) is 0 Å². The molecule has 0 spiro atoms. The highest BCUT2D eigenvalue weighted by Crippen LogP contribution is 2.56. The molecule has 3 heterocycles. The fourth-order valence-electron chi connectivity index (χ4n) is 5.12. The van der Waals surface area contributed by atoms with Crippen molar-refractivity contribution >= 4 is 69.1 Å². The Labute approximate surface area is 342 Å². The number of anilines is 1. The second kappa shape index (κ2) is 22.8. The average Bonchev–Trinajstić information content (AvgIpc) is 3.71. The van der Waals surface area contributed by atoms with Crippen LogP contribution in [0.2, 0.25) is 0 Å². The number of hydrogen-bond acceptors (Lipinski definition) is 22. The number of nitrogens with zero attached hydrogens (tertiary/aromatic N) is 4. The summed E-state index contributed by atoms with van der Waals surface area (Å²) in [5, 5.41) is 26.1. The number of nitrogens with two attached hydrogens (primary N) is 1. The van der Waals surface area contributed by atoms with Gasteiger partial charge in [0.1, 0.15) is 36.3 Å². The lowest BCUT2D eigenvalue weighted by atomic mass is 9.87. The number of hydrogen-bond donors (Lipinski definition) is 5. The van der Waals surface area contributed by atoms with Crippen LogP contribution in [0.5, 0.6) is 0 Å². The molecule has 1 saturated heterocycles. The molecule has 0 bridgehead atoms. The van der Waals surface area contributed by atoms with E-state index in [2.05, 4.69) is 62.5 Å². The molecule has 0 aromatic carbocycles. The predicted octanol–water partition coefficient (Wildman–Crippen LogP) is -1.17. The van der Waals surface area contributed by atoms with Gasteiger partial charge in [0.15, 0.2) is 17.7 Å². The molecule has 2 unspecified atom stereocenters. The third-order valence-electron chi connectivity index (χ3n) is 8.12. The van der Waals surface area contributed by atoms with E-state index in [1.807, 2.05) is 0 Å². The van der Waals surface area contributed by atoms with Crippen LogP contribution in [0.3, 0.4) is 0 Å². The Kier molecular flexibility index (Phi) is 19.4. The van der Waals surface area contributed by atoms with Crippen molar-refractivity contribution in [3.05, 3.63) is 37.0 Å². The van der Waals surface area contributed by atoms with Crippen molar-refractivity contribution in [2.45, 2.75) is 83.5 Å². The van der Waals surface area contributed by atoms with Crippen molar-refractivity contribution in [1.29, 1.82) is 0 Å². The van der Waals surface area contributed by atoms with Crippen molar-refractivity contribution in [2.24, 2.45) is 5.41 Å². The molecule has 7 atom stereocenters. The van der Waals surface area contributed by atoms with Gasteiger partial charge < -0.3 is 69.0 Å². The van der Waals surface area contributed by atoms with Crippen LogP contribution in [0.15, 0.2) is 37.0 Å². The summed E-state index contributed by atoms with van der Waals surface area (Å²) in [6.07, 6.45) is 3.48. The maximum atomic E-state index is 12.6. The number of aliphatic hydroxyl groups excluding tert-OH is 2. The van der Waals surface area contributed by atoms with Gasteiger partial charge >= 0.3 is 0 Å². The molecule has 2 aromatic rings. The van der Waals surface area contributed by atoms with Crippen molar-refractivity contribution in [3.63, 3.8) is 0 Å². The Morgan fingerprint density at radius 2 is 1.75 bits per heavy atom. The van der Waals surface area contributed by atoms with Crippen LogP contribution in [0.25, 0.3) is 11.2 Å². The third-order valence-corrected chi connectivity index (χ3v) is 12.0. The number of carbonyl (C=O) groups is 3. The maximum Gasteiger partial charge on any atom is 0.274 e. The number of carbonyl (C=O) groups excluding carboxylic acids is 3. The van der Waals surface area contributed by atoms with E-state index >= 15 is 0 Å². The van der Waals surface area contributed by atoms with E-state index in [-0.39, 0.29) is 41.6 Å². The Hall–Kier alpha value is -2.96. The molecule has 1 fully saturated rings. The number of phosphoric acid groups is 3. The van der Waals surface area contributed by atoms with Gasteiger partial charge in [0.2, 0.25) is 16.9 Å². The summed E-state index contributed by atoms with van der Waals surface area (Å²) in [5.74, 6) is -1.24. The fraction of sp³-hybridized carbons (Fsp3) is 0.613. The van der Waals surface area contributed by atoms with Crippen LogP contribution in [-0.4, -0.2) is 103 Å². The van der Waals surface area contributed by atoms with Crippen LogP contribution in [0.4, 0.5) is 5.82 Å². The number of ether oxygens (including phenoxy) is 1. The lowest BCUT2D eigenvalue weighted by Crippen LogP contribution is -2.46. The number of allylic oxidation sites excluding steroid dienone is 3. The summed E-state index contributed by atoms with van der Waals surface area (Å²) in [4.78, 5) is 96.1. The summed E-state index contributed by atoms with van der Waals surface area (Å²) in [6, 6.07) is 0. The number of imidazole rings is 1. The lowest BCUT2D eigenvalue weighted by Gasteiger charge is -2.36. The van der Waals surface area contributed by atoms with Gasteiger partial charge in [-0.25, -0.2) is 19.3 Å². The zero-order valence-corrected chi connectivity index (χ0v) is 35.6. The number of nitrogens with one attached hydrogen (secondary N) is 2. The van der Waals surface area contributed by atoms with E-state index in [0.717, 1.165) is 54.7 Å². The van der Waals surface area contributed by atoms with Crippen LogP contribution in [-0.2, 0) is 50.7 Å². The molecular formula is C31H46N7O17P3S-4. The van der Waals surface area contributed by atoms with E-state index in [1.54, 1.807) is 6.08 Å². The Morgan fingerprint density at radius 3 is 2.44 bits per heavy atom. The number of unbranched alkanes of at least 4 members (excludes halogenated alkanes) is 2. The van der Waals surface area contributed by atoms with Crippen LogP contribution < -0.4 is 35.9 Å². The minimum Gasteiger partial charge on any atom is -0.790 e. The zero-order chi connectivity index (χ0) is 44.0. The van der Waals surface area contributed by atoms with E-state index in [4.69, 9.17) is 10.5 Å². The predicted molar refractivity (Wildman–Crippen MR) is 201 cm³/mol. The monoisotopic (exact) mass is 913 g/mol. The summed E-state index contributed by atoms with van der Waals surface area (Å²) in [7, 11) is -17.6. The average molecular weight is 914 g/mol. The molecule has 28 heteroatoms. The molecule has 6 N–H and O–H groups in total. The minimum absolute atomic E-state index is 0.0216. The highest BCUT2D eigenvalue weighted by molar-refractivity contribution is 8.14. The number of aromatic nitrogens is 4. The number of amides is 2. The topological polar surface area (TPSA) is 375 Å². The first kappa shape index (κ1) is 50.4. The quantitative estimate of drug-likeness (QED) is 0.0339. The van der Waals surface area contributed by atoms with Gasteiger partial charge in [0.05, 0.1) is 27.4 Å². The summed E-state index contributed by atoms with van der Waals surface area (Å²) < 4.78 is 60.6. The van der Waals surface area contributed by atoms with Crippen LogP contribution in [0, 0.1) is 5.41 Å². The second-order valence-electron chi connectivity index (χ2n) is 13.4. The molecule has 0 radical (unpaired) electrons. The number of aliphatic hydroxyl groups is 2. The first-order valence-corrected chi connectivity index (χ1v) is 23.2. The molecule has 1 aliphatic heterocycles. The molecule has 3 rings (SSSR count). The van der Waals surface area contributed by atoms with Gasteiger partial charge in [-0.15, -0.1) is 0 Å². The lowest BCUT2D eigenvalue weighted by molar-refractivity contribution is -0.347. The van der Waals surface area contributed by atoms with Crippen molar-refractivity contribution < 1.29 is 80.5 Å². The van der Waals surface area contributed by atoms with Gasteiger partial charge in [-0.1, -0.05) is 50.8 Å².